The molecule has 0 radical (unpaired) electrons. The van der Waals surface area contributed by atoms with Gasteiger partial charge in [0.2, 0.25) is 5.91 Å². The summed E-state index contributed by atoms with van der Waals surface area (Å²) in [6.45, 7) is 6.74. The van der Waals surface area contributed by atoms with Gasteiger partial charge in [0.05, 0.1) is 24.3 Å². The molecule has 6 heteroatoms. The van der Waals surface area contributed by atoms with Crippen LogP contribution in [-0.4, -0.2) is 45.5 Å². The predicted molar refractivity (Wildman–Crippen MR) is 97.2 cm³/mol. The molecule has 2 aliphatic rings. The van der Waals surface area contributed by atoms with Gasteiger partial charge in [-0.15, -0.1) is 0 Å². The lowest BCUT2D eigenvalue weighted by Crippen LogP contribution is -2.41. The lowest BCUT2D eigenvalue weighted by Gasteiger charge is -2.34. The summed E-state index contributed by atoms with van der Waals surface area (Å²) in [5, 5.41) is 0. The van der Waals surface area contributed by atoms with Crippen LogP contribution in [0.2, 0.25) is 0 Å². The van der Waals surface area contributed by atoms with Crippen molar-refractivity contribution in [2.24, 2.45) is 5.92 Å². The van der Waals surface area contributed by atoms with Gasteiger partial charge in [0.25, 0.3) is 0 Å². The van der Waals surface area contributed by atoms with Crippen LogP contribution < -0.4 is 0 Å². The van der Waals surface area contributed by atoms with Crippen molar-refractivity contribution < 1.29 is 9.53 Å². The van der Waals surface area contributed by atoms with Crippen molar-refractivity contribution in [3.05, 3.63) is 42.0 Å². The van der Waals surface area contributed by atoms with Crippen LogP contribution in [0.1, 0.15) is 37.9 Å². The lowest BCUT2D eigenvalue weighted by molar-refractivity contribution is -0.131. The molecule has 0 saturated carbocycles. The molecule has 2 aliphatic heterocycles. The summed E-state index contributed by atoms with van der Waals surface area (Å²) in [6.07, 6.45) is 6.86. The molecule has 1 fully saturated rings. The van der Waals surface area contributed by atoms with Crippen LogP contribution in [0, 0.1) is 5.92 Å². The maximum atomic E-state index is 12.5. The number of carbonyl (C=O) groups is 1. The Morgan fingerprint density at radius 2 is 2.27 bits per heavy atom. The fourth-order valence-corrected chi connectivity index (χ4v) is 3.91. The monoisotopic (exact) mass is 352 g/mol. The van der Waals surface area contributed by atoms with Gasteiger partial charge in [-0.25, -0.2) is 9.97 Å². The van der Waals surface area contributed by atoms with Crippen LogP contribution in [0.25, 0.3) is 11.4 Å². The standard InChI is InChI=1S/C20H24N4O2/c1-14(2)8-17(25)24-7-5-20(12-24)13-26-11-16-10-22-19(23-18(16)20)15-4-3-6-21-9-15/h3-4,6,9-10,14H,5,7-8,11-13H2,1-2H3/t20-/m0/s1. The molecule has 1 saturated heterocycles. The Morgan fingerprint density at radius 3 is 3.04 bits per heavy atom. The molecule has 0 N–H and O–H groups in total. The van der Waals surface area contributed by atoms with Crippen molar-refractivity contribution in [2.45, 2.75) is 38.7 Å². The van der Waals surface area contributed by atoms with Gasteiger partial charge in [0.1, 0.15) is 0 Å². The fraction of sp³-hybridized carbons (Fsp3) is 0.500. The molecule has 2 aromatic rings. The smallest absolute Gasteiger partial charge is 0.222 e. The summed E-state index contributed by atoms with van der Waals surface area (Å²) >= 11 is 0. The lowest BCUT2D eigenvalue weighted by atomic mass is 9.80. The second-order valence-corrected chi connectivity index (χ2v) is 7.75. The third-order valence-corrected chi connectivity index (χ3v) is 5.21. The zero-order chi connectivity index (χ0) is 18.1. The van der Waals surface area contributed by atoms with Crippen molar-refractivity contribution in [3.63, 3.8) is 0 Å². The van der Waals surface area contributed by atoms with Crippen molar-refractivity contribution in [1.29, 1.82) is 0 Å². The maximum absolute atomic E-state index is 12.5. The molecule has 6 nitrogen and oxygen atoms in total. The highest BCUT2D eigenvalue weighted by Crippen LogP contribution is 2.39. The van der Waals surface area contributed by atoms with E-state index in [-0.39, 0.29) is 11.3 Å². The van der Waals surface area contributed by atoms with E-state index in [1.165, 1.54) is 0 Å². The van der Waals surface area contributed by atoms with Crippen molar-refractivity contribution in [2.75, 3.05) is 19.7 Å². The minimum atomic E-state index is -0.222. The second kappa shape index (κ2) is 6.76. The average molecular weight is 352 g/mol. The first-order valence-electron chi connectivity index (χ1n) is 9.20. The van der Waals surface area contributed by atoms with E-state index < -0.39 is 0 Å². The highest BCUT2D eigenvalue weighted by atomic mass is 16.5. The number of ether oxygens (including phenoxy) is 1. The molecule has 1 amide bonds. The molecule has 0 aliphatic carbocycles. The Kier molecular flexibility index (Phi) is 4.44. The molecule has 1 atom stereocenters. The summed E-state index contributed by atoms with van der Waals surface area (Å²) < 4.78 is 5.86. The number of pyridine rings is 1. The molecule has 2 aromatic heterocycles. The minimum absolute atomic E-state index is 0.222. The van der Waals surface area contributed by atoms with E-state index in [1.54, 1.807) is 12.4 Å². The number of hydrogen-bond acceptors (Lipinski definition) is 5. The molecule has 4 rings (SSSR count). The molecule has 0 bridgehead atoms. The van der Waals surface area contributed by atoms with E-state index in [0.29, 0.717) is 37.9 Å². The Labute approximate surface area is 153 Å². The minimum Gasteiger partial charge on any atom is -0.376 e. The number of amides is 1. The number of likely N-dealkylation sites (tertiary alicyclic amines) is 1. The molecule has 4 heterocycles. The number of fused-ring (bicyclic) bond motifs is 2. The first-order chi connectivity index (χ1) is 12.6. The van der Waals surface area contributed by atoms with Crippen LogP contribution in [0.4, 0.5) is 0 Å². The molecular formula is C20H24N4O2. The SMILES string of the molecule is CC(C)CC(=O)N1CC[C@@]2(COCc3cnc(-c4cccnc4)nc32)C1. The van der Waals surface area contributed by atoms with Gasteiger partial charge in [0, 0.05) is 49.2 Å². The second-order valence-electron chi connectivity index (χ2n) is 7.75. The zero-order valence-corrected chi connectivity index (χ0v) is 15.3. The summed E-state index contributed by atoms with van der Waals surface area (Å²) in [5.74, 6) is 1.28. The topological polar surface area (TPSA) is 68.2 Å². The number of nitrogens with zero attached hydrogens (tertiary/aromatic N) is 4. The van der Waals surface area contributed by atoms with E-state index in [2.05, 4.69) is 23.8 Å². The molecule has 0 aromatic carbocycles. The number of hydrogen-bond donors (Lipinski definition) is 0. The van der Waals surface area contributed by atoms with E-state index >= 15 is 0 Å². The van der Waals surface area contributed by atoms with Crippen LogP contribution in [-0.2, 0) is 21.6 Å². The van der Waals surface area contributed by atoms with Crippen LogP contribution in [0.3, 0.4) is 0 Å². The van der Waals surface area contributed by atoms with Gasteiger partial charge in [-0.1, -0.05) is 13.8 Å². The Morgan fingerprint density at radius 1 is 1.38 bits per heavy atom. The van der Waals surface area contributed by atoms with Gasteiger partial charge in [-0.3, -0.25) is 9.78 Å². The van der Waals surface area contributed by atoms with Crippen LogP contribution >= 0.6 is 0 Å². The van der Waals surface area contributed by atoms with Gasteiger partial charge in [-0.2, -0.15) is 0 Å². The summed E-state index contributed by atoms with van der Waals surface area (Å²) in [4.78, 5) is 28.1. The third-order valence-electron chi connectivity index (χ3n) is 5.21. The Hall–Kier alpha value is -2.34. The van der Waals surface area contributed by atoms with E-state index in [9.17, 15) is 4.79 Å². The van der Waals surface area contributed by atoms with Gasteiger partial charge in [0.15, 0.2) is 5.82 Å². The quantitative estimate of drug-likeness (QED) is 0.849. The summed E-state index contributed by atoms with van der Waals surface area (Å²) in [6, 6.07) is 3.85. The summed E-state index contributed by atoms with van der Waals surface area (Å²) in [7, 11) is 0. The summed E-state index contributed by atoms with van der Waals surface area (Å²) in [5.41, 5.74) is 2.75. The highest BCUT2D eigenvalue weighted by molar-refractivity contribution is 5.77. The van der Waals surface area contributed by atoms with Gasteiger partial charge in [-0.05, 0) is 24.5 Å². The zero-order valence-electron chi connectivity index (χ0n) is 15.3. The van der Waals surface area contributed by atoms with Crippen LogP contribution in [0.5, 0.6) is 0 Å². The van der Waals surface area contributed by atoms with E-state index in [1.807, 2.05) is 23.2 Å². The highest BCUT2D eigenvalue weighted by Gasteiger charge is 2.46. The number of rotatable bonds is 3. The van der Waals surface area contributed by atoms with Crippen LogP contribution in [0.15, 0.2) is 30.7 Å². The molecule has 0 unspecified atom stereocenters. The molecule has 1 spiro atoms. The Balaban J connectivity index is 1.66. The van der Waals surface area contributed by atoms with Crippen molar-refractivity contribution in [1.82, 2.24) is 19.9 Å². The number of aromatic nitrogens is 3. The maximum Gasteiger partial charge on any atom is 0.222 e. The normalized spacial score (nSPS) is 22.0. The fourth-order valence-electron chi connectivity index (χ4n) is 3.91. The first kappa shape index (κ1) is 17.1. The van der Waals surface area contributed by atoms with Gasteiger partial charge < -0.3 is 9.64 Å². The Bertz CT molecular complexity index is 809. The third kappa shape index (κ3) is 3.09. The first-order valence-corrected chi connectivity index (χ1v) is 9.20. The molecule has 26 heavy (non-hydrogen) atoms. The average Bonchev–Trinajstić information content (AvgIpc) is 3.07. The molecular weight excluding hydrogens is 328 g/mol. The largest absolute Gasteiger partial charge is 0.376 e. The predicted octanol–water partition coefficient (Wildman–Crippen LogP) is 2.59. The number of carbonyl (C=O) groups excluding carboxylic acids is 1. The van der Waals surface area contributed by atoms with E-state index in [0.717, 1.165) is 29.8 Å². The van der Waals surface area contributed by atoms with Gasteiger partial charge >= 0.3 is 0 Å². The van der Waals surface area contributed by atoms with E-state index in [4.69, 9.17) is 9.72 Å². The molecule has 136 valence electrons. The van der Waals surface area contributed by atoms with Crippen molar-refractivity contribution >= 4 is 5.91 Å². The van der Waals surface area contributed by atoms with Crippen molar-refractivity contribution in [3.8, 4) is 11.4 Å².